The zero-order valence-electron chi connectivity index (χ0n) is 11.3. The highest BCUT2D eigenvalue weighted by Gasteiger charge is 2.21. The first-order valence-corrected chi connectivity index (χ1v) is 7.02. The van der Waals surface area contributed by atoms with Crippen molar-refractivity contribution in [3.05, 3.63) is 23.0 Å². The number of ether oxygens (including phenoxy) is 1. The maximum absolute atomic E-state index is 11.9. The Morgan fingerprint density at radius 1 is 1.52 bits per heavy atom. The molecule has 2 aromatic heterocycles. The Labute approximate surface area is 124 Å². The first kappa shape index (κ1) is 15.1. The monoisotopic (exact) mass is 310 g/mol. The molecule has 9 nitrogen and oxygen atoms in total. The topological polar surface area (TPSA) is 125 Å². The summed E-state index contributed by atoms with van der Waals surface area (Å²) in [5, 5.41) is 12.3. The summed E-state index contributed by atoms with van der Waals surface area (Å²) in [4.78, 5) is 27.5. The van der Waals surface area contributed by atoms with Crippen LogP contribution in [0.2, 0.25) is 0 Å². The average molecular weight is 310 g/mol. The van der Waals surface area contributed by atoms with E-state index >= 15 is 0 Å². The SMILES string of the molecule is CCOC(=O)c1nnn(CC(=O)Nc2nccs2)c1CN. The van der Waals surface area contributed by atoms with Crippen LogP contribution in [0.25, 0.3) is 0 Å². The van der Waals surface area contributed by atoms with Gasteiger partial charge in [-0.05, 0) is 6.92 Å². The van der Waals surface area contributed by atoms with Crippen molar-refractivity contribution in [2.45, 2.75) is 20.0 Å². The van der Waals surface area contributed by atoms with Crippen molar-refractivity contribution in [2.24, 2.45) is 5.73 Å². The van der Waals surface area contributed by atoms with Gasteiger partial charge >= 0.3 is 5.97 Å². The number of carbonyl (C=O) groups excluding carboxylic acids is 2. The molecule has 112 valence electrons. The largest absolute Gasteiger partial charge is 0.461 e. The molecule has 0 spiro atoms. The van der Waals surface area contributed by atoms with Crippen LogP contribution in [0.1, 0.15) is 23.1 Å². The Kier molecular flexibility index (Phi) is 4.95. The van der Waals surface area contributed by atoms with Crippen molar-refractivity contribution in [1.82, 2.24) is 20.0 Å². The van der Waals surface area contributed by atoms with Crippen LogP contribution in [0.15, 0.2) is 11.6 Å². The Balaban J connectivity index is 2.09. The highest BCUT2D eigenvalue weighted by atomic mass is 32.1. The van der Waals surface area contributed by atoms with Crippen LogP contribution in [0.3, 0.4) is 0 Å². The van der Waals surface area contributed by atoms with Crippen LogP contribution in [0, 0.1) is 0 Å². The lowest BCUT2D eigenvalue weighted by Crippen LogP contribution is -2.22. The molecule has 0 aliphatic rings. The molecule has 2 rings (SSSR count). The number of esters is 1. The number of nitrogens with zero attached hydrogens (tertiary/aromatic N) is 4. The van der Waals surface area contributed by atoms with Gasteiger partial charge in [0.05, 0.1) is 12.3 Å². The van der Waals surface area contributed by atoms with Gasteiger partial charge in [-0.1, -0.05) is 5.21 Å². The molecule has 0 fully saturated rings. The molecule has 0 aliphatic heterocycles. The van der Waals surface area contributed by atoms with Gasteiger partial charge in [0.15, 0.2) is 10.8 Å². The number of thiazole rings is 1. The van der Waals surface area contributed by atoms with E-state index < -0.39 is 5.97 Å². The minimum Gasteiger partial charge on any atom is -0.461 e. The third-order valence-electron chi connectivity index (χ3n) is 2.47. The summed E-state index contributed by atoms with van der Waals surface area (Å²) in [5.41, 5.74) is 5.97. The van der Waals surface area contributed by atoms with Crippen molar-refractivity contribution in [2.75, 3.05) is 11.9 Å². The fourth-order valence-electron chi connectivity index (χ4n) is 1.60. The minimum absolute atomic E-state index is 0.0195. The third kappa shape index (κ3) is 3.61. The van der Waals surface area contributed by atoms with Crippen LogP contribution >= 0.6 is 11.3 Å². The first-order valence-electron chi connectivity index (χ1n) is 6.14. The number of nitrogens with one attached hydrogen (secondary N) is 1. The van der Waals surface area contributed by atoms with Crippen LogP contribution in [0.5, 0.6) is 0 Å². The molecule has 0 atom stereocenters. The number of anilines is 1. The molecule has 0 radical (unpaired) electrons. The zero-order chi connectivity index (χ0) is 15.2. The second kappa shape index (κ2) is 6.90. The highest BCUT2D eigenvalue weighted by molar-refractivity contribution is 7.13. The van der Waals surface area contributed by atoms with Crippen LogP contribution in [-0.2, 0) is 22.6 Å². The lowest BCUT2D eigenvalue weighted by Gasteiger charge is -2.05. The van der Waals surface area contributed by atoms with Gasteiger partial charge in [0.25, 0.3) is 0 Å². The molecule has 0 saturated carbocycles. The molecule has 1 amide bonds. The molecular formula is C11H14N6O3S. The second-order valence-electron chi connectivity index (χ2n) is 3.85. The Bertz CT molecular complexity index is 624. The van der Waals surface area contributed by atoms with E-state index in [1.807, 2.05) is 0 Å². The minimum atomic E-state index is -0.607. The molecular weight excluding hydrogens is 296 g/mol. The Morgan fingerprint density at radius 2 is 2.33 bits per heavy atom. The summed E-state index contributed by atoms with van der Waals surface area (Å²) in [7, 11) is 0. The van der Waals surface area contributed by atoms with Crippen LogP contribution in [0.4, 0.5) is 5.13 Å². The maximum atomic E-state index is 11.9. The normalized spacial score (nSPS) is 10.4. The summed E-state index contributed by atoms with van der Waals surface area (Å²) in [6.45, 7) is 1.82. The lowest BCUT2D eigenvalue weighted by molar-refractivity contribution is -0.117. The van der Waals surface area contributed by atoms with E-state index in [2.05, 4.69) is 20.6 Å². The Hall–Kier alpha value is -2.33. The number of carbonyl (C=O) groups is 2. The van der Waals surface area contributed by atoms with Gasteiger partial charge in [-0.25, -0.2) is 14.5 Å². The predicted octanol–water partition coefficient (Wildman–Crippen LogP) is 0.00870. The molecule has 0 saturated heterocycles. The van der Waals surface area contributed by atoms with E-state index in [0.717, 1.165) is 0 Å². The summed E-state index contributed by atoms with van der Waals surface area (Å²) >= 11 is 1.30. The average Bonchev–Trinajstić information content (AvgIpc) is 3.08. The van der Waals surface area contributed by atoms with Crippen molar-refractivity contribution in [3.8, 4) is 0 Å². The number of hydrogen-bond acceptors (Lipinski definition) is 8. The van der Waals surface area contributed by atoms with E-state index in [4.69, 9.17) is 10.5 Å². The van der Waals surface area contributed by atoms with Crippen LogP contribution < -0.4 is 11.1 Å². The molecule has 21 heavy (non-hydrogen) atoms. The van der Waals surface area contributed by atoms with Gasteiger partial charge in [0.2, 0.25) is 5.91 Å². The number of aromatic nitrogens is 4. The van der Waals surface area contributed by atoms with E-state index in [-0.39, 0.29) is 31.3 Å². The summed E-state index contributed by atoms with van der Waals surface area (Å²) < 4.78 is 6.13. The number of hydrogen-bond donors (Lipinski definition) is 2. The molecule has 3 N–H and O–H groups in total. The number of rotatable bonds is 6. The van der Waals surface area contributed by atoms with Gasteiger partial charge < -0.3 is 15.8 Å². The van der Waals surface area contributed by atoms with Gasteiger partial charge in [-0.15, -0.1) is 16.4 Å². The van der Waals surface area contributed by atoms with Gasteiger partial charge in [0, 0.05) is 18.1 Å². The standard InChI is InChI=1S/C11H14N6O3S/c1-2-20-10(19)9-7(5-12)17(16-15-9)6-8(18)14-11-13-3-4-21-11/h3-4H,2,5-6,12H2,1H3,(H,13,14,18). The lowest BCUT2D eigenvalue weighted by atomic mass is 10.3. The molecule has 0 aromatic carbocycles. The number of amides is 1. The van der Waals surface area contributed by atoms with Gasteiger partial charge in [-0.2, -0.15) is 0 Å². The Morgan fingerprint density at radius 3 is 2.95 bits per heavy atom. The molecule has 2 heterocycles. The molecule has 0 bridgehead atoms. The fraction of sp³-hybridized carbons (Fsp3) is 0.364. The third-order valence-corrected chi connectivity index (χ3v) is 3.16. The molecule has 2 aromatic rings. The van der Waals surface area contributed by atoms with E-state index in [1.165, 1.54) is 16.0 Å². The molecule has 0 aliphatic carbocycles. The predicted molar refractivity (Wildman–Crippen MR) is 74.6 cm³/mol. The van der Waals surface area contributed by atoms with Gasteiger partial charge in [0.1, 0.15) is 6.54 Å². The van der Waals surface area contributed by atoms with Crippen molar-refractivity contribution < 1.29 is 14.3 Å². The summed E-state index contributed by atoms with van der Waals surface area (Å²) in [6.07, 6.45) is 1.58. The van der Waals surface area contributed by atoms with E-state index in [0.29, 0.717) is 10.8 Å². The zero-order valence-corrected chi connectivity index (χ0v) is 12.1. The van der Waals surface area contributed by atoms with Crippen molar-refractivity contribution >= 4 is 28.3 Å². The van der Waals surface area contributed by atoms with E-state index in [1.54, 1.807) is 18.5 Å². The summed E-state index contributed by atoms with van der Waals surface area (Å²) in [5.74, 6) is -0.940. The smallest absolute Gasteiger partial charge is 0.360 e. The number of nitrogens with two attached hydrogens (primary N) is 1. The second-order valence-corrected chi connectivity index (χ2v) is 4.75. The summed E-state index contributed by atoms with van der Waals surface area (Å²) in [6, 6.07) is 0. The van der Waals surface area contributed by atoms with Gasteiger partial charge in [-0.3, -0.25) is 4.79 Å². The molecule has 0 unspecified atom stereocenters. The maximum Gasteiger partial charge on any atom is 0.360 e. The van der Waals surface area contributed by atoms with Crippen molar-refractivity contribution in [1.29, 1.82) is 0 Å². The quantitative estimate of drug-likeness (QED) is 0.720. The highest BCUT2D eigenvalue weighted by Crippen LogP contribution is 2.11. The molecule has 10 heteroatoms. The fourth-order valence-corrected chi connectivity index (χ4v) is 2.14. The van der Waals surface area contributed by atoms with Crippen LogP contribution in [-0.4, -0.2) is 38.5 Å². The van der Waals surface area contributed by atoms with Crippen molar-refractivity contribution in [3.63, 3.8) is 0 Å². The van der Waals surface area contributed by atoms with E-state index in [9.17, 15) is 9.59 Å². The first-order chi connectivity index (χ1) is 10.2.